The number of halogens is 2. The minimum absolute atomic E-state index is 0.408. The van der Waals surface area contributed by atoms with Gasteiger partial charge < -0.3 is 4.74 Å². The van der Waals surface area contributed by atoms with E-state index in [-0.39, 0.29) is 0 Å². The number of nitrogens with zero attached hydrogens (tertiary/aromatic N) is 1. The first kappa shape index (κ1) is 12.2. The van der Waals surface area contributed by atoms with Crippen LogP contribution in [0.2, 0.25) is 0 Å². The lowest BCUT2D eigenvalue weighted by atomic mass is 10.1. The summed E-state index contributed by atoms with van der Waals surface area (Å²) in [5.74, 6) is -0.408. The molecule has 0 saturated carbocycles. The fraction of sp³-hybridized carbons (Fsp3) is 0.200. The lowest BCUT2D eigenvalue weighted by molar-refractivity contribution is 0.0600. The zero-order valence-electron chi connectivity index (χ0n) is 7.88. The van der Waals surface area contributed by atoms with Crippen molar-refractivity contribution in [2.45, 2.75) is 5.33 Å². The van der Waals surface area contributed by atoms with Crippen LogP contribution < -0.4 is 0 Å². The summed E-state index contributed by atoms with van der Waals surface area (Å²) in [4.78, 5) is 11.4. The topological polar surface area (TPSA) is 50.1 Å². The maximum atomic E-state index is 11.4. The van der Waals surface area contributed by atoms with Gasteiger partial charge in [-0.2, -0.15) is 5.26 Å². The van der Waals surface area contributed by atoms with Crippen LogP contribution in [-0.4, -0.2) is 13.1 Å². The third-order valence-corrected chi connectivity index (χ3v) is 3.12. The van der Waals surface area contributed by atoms with Gasteiger partial charge in [0.25, 0.3) is 0 Å². The molecule has 0 saturated heterocycles. The van der Waals surface area contributed by atoms with Crippen molar-refractivity contribution in [3.63, 3.8) is 0 Å². The number of esters is 1. The van der Waals surface area contributed by atoms with Gasteiger partial charge in [-0.15, -0.1) is 0 Å². The Morgan fingerprint density at radius 3 is 2.73 bits per heavy atom. The summed E-state index contributed by atoms with van der Waals surface area (Å²) in [7, 11) is 1.33. The first-order valence-electron chi connectivity index (χ1n) is 4.00. The molecule has 0 aromatic heterocycles. The van der Waals surface area contributed by atoms with E-state index in [0.29, 0.717) is 20.9 Å². The Bertz CT molecular complexity index is 438. The molecule has 15 heavy (non-hydrogen) atoms. The number of carbonyl (C=O) groups is 1. The number of rotatable bonds is 2. The number of ether oxygens (including phenoxy) is 1. The third kappa shape index (κ3) is 2.58. The van der Waals surface area contributed by atoms with Crippen LogP contribution in [0.3, 0.4) is 0 Å². The minimum atomic E-state index is -0.408. The largest absolute Gasteiger partial charge is 0.465 e. The van der Waals surface area contributed by atoms with Crippen LogP contribution in [-0.2, 0) is 10.1 Å². The van der Waals surface area contributed by atoms with Gasteiger partial charge in [-0.1, -0.05) is 15.9 Å². The van der Waals surface area contributed by atoms with Gasteiger partial charge in [-0.25, -0.2) is 4.79 Å². The monoisotopic (exact) mass is 331 g/mol. The number of benzene rings is 1. The summed E-state index contributed by atoms with van der Waals surface area (Å²) >= 11 is 6.48. The van der Waals surface area contributed by atoms with E-state index in [1.807, 2.05) is 6.07 Å². The van der Waals surface area contributed by atoms with E-state index in [1.165, 1.54) is 7.11 Å². The SMILES string of the molecule is COC(=O)c1cc(Br)c(C#N)cc1CBr. The average Bonchev–Trinajstić information content (AvgIpc) is 2.27. The molecule has 0 aliphatic carbocycles. The van der Waals surface area contributed by atoms with Crippen LogP contribution in [0.25, 0.3) is 0 Å². The molecule has 5 heteroatoms. The van der Waals surface area contributed by atoms with E-state index < -0.39 is 5.97 Å². The van der Waals surface area contributed by atoms with Crippen molar-refractivity contribution in [2.24, 2.45) is 0 Å². The van der Waals surface area contributed by atoms with Crippen LogP contribution >= 0.6 is 31.9 Å². The summed E-state index contributed by atoms with van der Waals surface area (Å²) in [6.45, 7) is 0. The van der Waals surface area contributed by atoms with E-state index in [0.717, 1.165) is 5.56 Å². The molecule has 0 amide bonds. The Hall–Kier alpha value is -0.860. The predicted molar refractivity (Wildman–Crippen MR) is 62.8 cm³/mol. The van der Waals surface area contributed by atoms with Gasteiger partial charge in [0, 0.05) is 9.80 Å². The fourth-order valence-electron chi connectivity index (χ4n) is 1.11. The van der Waals surface area contributed by atoms with Gasteiger partial charge in [0.05, 0.1) is 18.2 Å². The Labute approximate surface area is 104 Å². The number of nitriles is 1. The van der Waals surface area contributed by atoms with Crippen molar-refractivity contribution in [1.82, 2.24) is 0 Å². The second-order valence-corrected chi connectivity index (χ2v) is 4.14. The van der Waals surface area contributed by atoms with E-state index in [9.17, 15) is 4.79 Å². The van der Waals surface area contributed by atoms with E-state index in [2.05, 4.69) is 36.6 Å². The Morgan fingerprint density at radius 1 is 1.60 bits per heavy atom. The van der Waals surface area contributed by atoms with Crippen LogP contribution in [0, 0.1) is 11.3 Å². The minimum Gasteiger partial charge on any atom is -0.465 e. The molecule has 0 bridgehead atoms. The van der Waals surface area contributed by atoms with Crippen molar-refractivity contribution in [3.05, 3.63) is 33.3 Å². The number of alkyl halides is 1. The Morgan fingerprint density at radius 2 is 2.27 bits per heavy atom. The molecule has 0 unspecified atom stereocenters. The van der Waals surface area contributed by atoms with Crippen molar-refractivity contribution in [3.8, 4) is 6.07 Å². The standard InChI is InChI=1S/C10H7Br2NO2/c1-15-10(14)8-3-9(12)7(5-13)2-6(8)4-11/h2-3H,4H2,1H3. The zero-order valence-corrected chi connectivity index (χ0v) is 11.1. The summed E-state index contributed by atoms with van der Waals surface area (Å²) in [6, 6.07) is 5.29. The highest BCUT2D eigenvalue weighted by atomic mass is 79.9. The Balaban J connectivity index is 3.35. The molecule has 1 aromatic carbocycles. The van der Waals surface area contributed by atoms with Gasteiger partial charge in [0.15, 0.2) is 0 Å². The molecule has 78 valence electrons. The van der Waals surface area contributed by atoms with Crippen LogP contribution in [0.1, 0.15) is 21.5 Å². The first-order chi connectivity index (χ1) is 7.13. The van der Waals surface area contributed by atoms with Crippen LogP contribution in [0.4, 0.5) is 0 Å². The van der Waals surface area contributed by atoms with E-state index in [1.54, 1.807) is 12.1 Å². The number of carbonyl (C=O) groups excluding carboxylic acids is 1. The predicted octanol–water partition coefficient (Wildman–Crippen LogP) is 3.00. The highest BCUT2D eigenvalue weighted by molar-refractivity contribution is 9.10. The third-order valence-electron chi connectivity index (χ3n) is 1.86. The Kier molecular flexibility index (Phi) is 4.30. The molecular weight excluding hydrogens is 326 g/mol. The molecule has 0 N–H and O–H groups in total. The smallest absolute Gasteiger partial charge is 0.338 e. The maximum absolute atomic E-state index is 11.4. The molecule has 0 atom stereocenters. The molecule has 0 aliphatic heterocycles. The first-order valence-corrected chi connectivity index (χ1v) is 5.92. The van der Waals surface area contributed by atoms with Gasteiger partial charge in [0.1, 0.15) is 6.07 Å². The quantitative estimate of drug-likeness (QED) is 0.618. The summed E-state index contributed by atoms with van der Waals surface area (Å²) in [5, 5.41) is 9.31. The average molecular weight is 333 g/mol. The number of methoxy groups -OCH3 is 1. The van der Waals surface area contributed by atoms with E-state index >= 15 is 0 Å². The van der Waals surface area contributed by atoms with Crippen LogP contribution in [0.15, 0.2) is 16.6 Å². The second kappa shape index (κ2) is 5.29. The van der Waals surface area contributed by atoms with Crippen molar-refractivity contribution < 1.29 is 9.53 Å². The summed E-state index contributed by atoms with van der Waals surface area (Å²) in [6.07, 6.45) is 0. The lowest BCUT2D eigenvalue weighted by Crippen LogP contribution is -2.05. The van der Waals surface area contributed by atoms with Gasteiger partial charge >= 0.3 is 5.97 Å². The highest BCUT2D eigenvalue weighted by Crippen LogP contribution is 2.23. The molecule has 0 aliphatic rings. The molecule has 0 radical (unpaired) electrons. The van der Waals surface area contributed by atoms with Crippen molar-refractivity contribution in [2.75, 3.05) is 7.11 Å². The molecular formula is C10H7Br2NO2. The summed E-state index contributed by atoms with van der Waals surface area (Å²) in [5.41, 5.74) is 1.69. The lowest BCUT2D eigenvalue weighted by Gasteiger charge is -2.07. The fourth-order valence-corrected chi connectivity index (χ4v) is 2.01. The molecule has 0 spiro atoms. The molecule has 0 heterocycles. The number of hydrogen-bond donors (Lipinski definition) is 0. The molecule has 0 fully saturated rings. The van der Waals surface area contributed by atoms with Crippen LogP contribution in [0.5, 0.6) is 0 Å². The molecule has 1 aromatic rings. The maximum Gasteiger partial charge on any atom is 0.338 e. The molecule has 3 nitrogen and oxygen atoms in total. The normalized spacial score (nSPS) is 9.47. The van der Waals surface area contributed by atoms with Crippen molar-refractivity contribution in [1.29, 1.82) is 5.26 Å². The second-order valence-electron chi connectivity index (χ2n) is 2.73. The highest BCUT2D eigenvalue weighted by Gasteiger charge is 2.14. The van der Waals surface area contributed by atoms with Gasteiger partial charge in [-0.3, -0.25) is 0 Å². The number of hydrogen-bond acceptors (Lipinski definition) is 3. The van der Waals surface area contributed by atoms with Crippen molar-refractivity contribution >= 4 is 37.8 Å². The summed E-state index contributed by atoms with van der Waals surface area (Å²) < 4.78 is 5.24. The molecule has 1 rings (SSSR count). The van der Waals surface area contributed by atoms with Gasteiger partial charge in [0.2, 0.25) is 0 Å². The van der Waals surface area contributed by atoms with Gasteiger partial charge in [-0.05, 0) is 33.6 Å². The zero-order chi connectivity index (χ0) is 11.4. The van der Waals surface area contributed by atoms with E-state index in [4.69, 9.17) is 5.26 Å².